The number of hydrogen-bond acceptors (Lipinski definition) is 4. The Labute approximate surface area is 77.9 Å². The number of rotatable bonds is 2. The van der Waals surface area contributed by atoms with Gasteiger partial charge in [-0.05, 0) is 19.4 Å². The van der Waals surface area contributed by atoms with Gasteiger partial charge in [0, 0.05) is 0 Å². The third-order valence-electron chi connectivity index (χ3n) is 1.91. The number of amides is 1. The van der Waals surface area contributed by atoms with Crippen molar-refractivity contribution in [3.63, 3.8) is 0 Å². The number of sulfonamides is 1. The Morgan fingerprint density at radius 1 is 1.46 bits per heavy atom. The van der Waals surface area contributed by atoms with Crippen LogP contribution >= 0.6 is 0 Å². The molecule has 76 valence electrons. The van der Waals surface area contributed by atoms with Gasteiger partial charge in [-0.3, -0.25) is 9.52 Å². The van der Waals surface area contributed by atoms with Crippen LogP contribution in [-0.4, -0.2) is 33.2 Å². The van der Waals surface area contributed by atoms with Gasteiger partial charge >= 0.3 is 0 Å². The monoisotopic (exact) mass is 206 g/mol. The van der Waals surface area contributed by atoms with Crippen LogP contribution in [-0.2, 0) is 14.8 Å². The highest BCUT2D eigenvalue weighted by Gasteiger charge is 2.22. The van der Waals surface area contributed by atoms with Crippen molar-refractivity contribution in [2.45, 2.75) is 25.3 Å². The molecule has 1 aliphatic rings. The topological polar surface area (TPSA) is 75.3 Å². The van der Waals surface area contributed by atoms with E-state index in [9.17, 15) is 13.2 Å². The molecule has 0 aliphatic carbocycles. The van der Waals surface area contributed by atoms with Gasteiger partial charge in [-0.25, -0.2) is 8.42 Å². The van der Waals surface area contributed by atoms with Crippen LogP contribution < -0.4 is 10.0 Å². The fraction of sp³-hybridized carbons (Fsp3) is 0.857. The van der Waals surface area contributed by atoms with E-state index in [1.54, 1.807) is 0 Å². The molecule has 1 aliphatic heterocycles. The predicted molar refractivity (Wildman–Crippen MR) is 48.6 cm³/mol. The van der Waals surface area contributed by atoms with Crippen molar-refractivity contribution in [2.24, 2.45) is 0 Å². The molecule has 0 radical (unpaired) electrons. The van der Waals surface area contributed by atoms with Crippen molar-refractivity contribution in [2.75, 3.05) is 12.8 Å². The molecule has 6 heteroatoms. The summed E-state index contributed by atoms with van der Waals surface area (Å²) in [5.41, 5.74) is 0. The molecule has 0 bridgehead atoms. The summed E-state index contributed by atoms with van der Waals surface area (Å²) in [5, 5.41) is 2.96. The zero-order valence-electron chi connectivity index (χ0n) is 7.54. The van der Waals surface area contributed by atoms with E-state index in [4.69, 9.17) is 0 Å². The fourth-order valence-electron chi connectivity index (χ4n) is 1.33. The Hall–Kier alpha value is -0.620. The van der Waals surface area contributed by atoms with Crippen LogP contribution in [0.3, 0.4) is 0 Å². The summed E-state index contributed by atoms with van der Waals surface area (Å²) < 4.78 is 23.4. The molecule has 1 fully saturated rings. The molecule has 0 spiro atoms. The van der Waals surface area contributed by atoms with Gasteiger partial charge in [0.15, 0.2) is 0 Å². The van der Waals surface area contributed by atoms with Crippen molar-refractivity contribution >= 4 is 15.9 Å². The molecule has 13 heavy (non-hydrogen) atoms. The van der Waals surface area contributed by atoms with Crippen LogP contribution in [0.2, 0.25) is 0 Å². The first kappa shape index (κ1) is 10.5. The third kappa shape index (κ3) is 3.73. The molecule has 1 amide bonds. The van der Waals surface area contributed by atoms with Crippen LogP contribution in [0, 0.1) is 0 Å². The Morgan fingerprint density at radius 3 is 2.62 bits per heavy atom. The SMILES string of the molecule is CS(=O)(=O)NC(=O)[C@H]1CCCCN1. The summed E-state index contributed by atoms with van der Waals surface area (Å²) in [5.74, 6) is -0.442. The van der Waals surface area contributed by atoms with E-state index in [2.05, 4.69) is 5.32 Å². The molecule has 0 aromatic carbocycles. The number of piperidine rings is 1. The van der Waals surface area contributed by atoms with Crippen molar-refractivity contribution in [1.82, 2.24) is 10.0 Å². The Balaban J connectivity index is 2.47. The first-order valence-electron chi connectivity index (χ1n) is 4.24. The summed E-state index contributed by atoms with van der Waals surface area (Å²) >= 11 is 0. The second-order valence-corrected chi connectivity index (χ2v) is 4.99. The predicted octanol–water partition coefficient (Wildman–Crippen LogP) is -0.796. The quantitative estimate of drug-likeness (QED) is 0.620. The standard InChI is InChI=1S/C7H14N2O3S/c1-13(11,12)9-7(10)6-4-2-3-5-8-6/h6,8H,2-5H2,1H3,(H,9,10)/t6-/m1/s1. The summed E-state index contributed by atoms with van der Waals surface area (Å²) in [6, 6.07) is -0.344. The van der Waals surface area contributed by atoms with E-state index in [1.165, 1.54) is 0 Å². The van der Waals surface area contributed by atoms with Crippen LogP contribution in [0.5, 0.6) is 0 Å². The number of nitrogens with one attached hydrogen (secondary N) is 2. The van der Waals surface area contributed by atoms with E-state index in [1.807, 2.05) is 4.72 Å². The highest BCUT2D eigenvalue weighted by molar-refractivity contribution is 7.89. The molecule has 1 rings (SSSR count). The third-order valence-corrected chi connectivity index (χ3v) is 2.48. The molecular weight excluding hydrogens is 192 g/mol. The summed E-state index contributed by atoms with van der Waals surface area (Å²) in [4.78, 5) is 11.3. The summed E-state index contributed by atoms with van der Waals surface area (Å²) in [6.07, 6.45) is 3.70. The highest BCUT2D eigenvalue weighted by atomic mass is 32.2. The number of carbonyl (C=O) groups excluding carboxylic acids is 1. The van der Waals surface area contributed by atoms with Gasteiger partial charge in [0.1, 0.15) is 0 Å². The molecule has 0 saturated carbocycles. The molecule has 0 unspecified atom stereocenters. The molecule has 1 saturated heterocycles. The van der Waals surface area contributed by atoms with Crippen LogP contribution in [0.25, 0.3) is 0 Å². The molecule has 0 aromatic rings. The van der Waals surface area contributed by atoms with Crippen molar-refractivity contribution in [3.05, 3.63) is 0 Å². The van der Waals surface area contributed by atoms with Gasteiger partial charge in [-0.15, -0.1) is 0 Å². The minimum Gasteiger partial charge on any atom is -0.306 e. The maximum absolute atomic E-state index is 11.3. The second-order valence-electron chi connectivity index (χ2n) is 3.24. The zero-order chi connectivity index (χ0) is 9.90. The van der Waals surface area contributed by atoms with Crippen LogP contribution in [0.1, 0.15) is 19.3 Å². The molecular formula is C7H14N2O3S. The summed E-state index contributed by atoms with van der Waals surface area (Å²) in [7, 11) is -3.41. The van der Waals surface area contributed by atoms with Gasteiger partial charge in [0.25, 0.3) is 5.91 Å². The first-order valence-corrected chi connectivity index (χ1v) is 6.13. The Kier molecular flexibility index (Phi) is 3.27. The van der Waals surface area contributed by atoms with E-state index in [0.717, 1.165) is 25.6 Å². The Bertz CT molecular complexity index is 280. The van der Waals surface area contributed by atoms with Gasteiger partial charge in [-0.2, -0.15) is 0 Å². The maximum Gasteiger partial charge on any atom is 0.250 e. The lowest BCUT2D eigenvalue weighted by Crippen LogP contribution is -2.48. The second kappa shape index (κ2) is 4.06. The maximum atomic E-state index is 11.3. The lowest BCUT2D eigenvalue weighted by molar-refractivity contribution is -0.121. The zero-order valence-corrected chi connectivity index (χ0v) is 8.36. The van der Waals surface area contributed by atoms with E-state index in [0.29, 0.717) is 6.42 Å². The molecule has 0 aromatic heterocycles. The Morgan fingerprint density at radius 2 is 2.15 bits per heavy atom. The average molecular weight is 206 g/mol. The van der Waals surface area contributed by atoms with Gasteiger partial charge in [0.2, 0.25) is 10.0 Å². The van der Waals surface area contributed by atoms with Crippen LogP contribution in [0.15, 0.2) is 0 Å². The number of hydrogen-bond donors (Lipinski definition) is 2. The average Bonchev–Trinajstić information content (AvgIpc) is 2.03. The smallest absolute Gasteiger partial charge is 0.250 e. The van der Waals surface area contributed by atoms with Crippen molar-refractivity contribution in [3.8, 4) is 0 Å². The minimum atomic E-state index is -3.41. The lowest BCUT2D eigenvalue weighted by atomic mass is 10.1. The van der Waals surface area contributed by atoms with Gasteiger partial charge in [-0.1, -0.05) is 6.42 Å². The molecule has 2 N–H and O–H groups in total. The van der Waals surface area contributed by atoms with Gasteiger partial charge in [0.05, 0.1) is 12.3 Å². The largest absolute Gasteiger partial charge is 0.306 e. The fourth-order valence-corrected chi connectivity index (χ4v) is 1.84. The van der Waals surface area contributed by atoms with Crippen molar-refractivity contribution < 1.29 is 13.2 Å². The minimum absolute atomic E-state index is 0.344. The molecule has 5 nitrogen and oxygen atoms in total. The van der Waals surface area contributed by atoms with E-state index in [-0.39, 0.29) is 6.04 Å². The van der Waals surface area contributed by atoms with Crippen molar-refractivity contribution in [1.29, 1.82) is 0 Å². The normalized spacial score (nSPS) is 23.9. The lowest BCUT2D eigenvalue weighted by Gasteiger charge is -2.21. The van der Waals surface area contributed by atoms with E-state index < -0.39 is 15.9 Å². The highest BCUT2D eigenvalue weighted by Crippen LogP contribution is 2.06. The number of carbonyl (C=O) groups is 1. The first-order chi connectivity index (χ1) is 5.99. The van der Waals surface area contributed by atoms with Crippen LogP contribution in [0.4, 0.5) is 0 Å². The molecule has 1 heterocycles. The molecule has 1 atom stereocenters. The van der Waals surface area contributed by atoms with Gasteiger partial charge < -0.3 is 5.32 Å². The summed E-state index contributed by atoms with van der Waals surface area (Å²) in [6.45, 7) is 0.780. The van der Waals surface area contributed by atoms with E-state index >= 15 is 0 Å².